The van der Waals surface area contributed by atoms with E-state index in [4.69, 9.17) is 4.74 Å². The van der Waals surface area contributed by atoms with Gasteiger partial charge in [-0.15, -0.1) is 11.3 Å². The summed E-state index contributed by atoms with van der Waals surface area (Å²) in [5.74, 6) is 0.710. The van der Waals surface area contributed by atoms with E-state index in [2.05, 4.69) is 19.4 Å². The van der Waals surface area contributed by atoms with Crippen LogP contribution < -0.4 is 15.0 Å². The van der Waals surface area contributed by atoms with Gasteiger partial charge >= 0.3 is 0 Å². The third-order valence-electron chi connectivity index (χ3n) is 4.39. The minimum Gasteiger partial charge on any atom is -0.497 e. The van der Waals surface area contributed by atoms with Gasteiger partial charge < -0.3 is 15.0 Å². The molecule has 1 aromatic heterocycles. The fourth-order valence-corrected chi connectivity index (χ4v) is 4.49. The van der Waals surface area contributed by atoms with Gasteiger partial charge in [-0.2, -0.15) is 0 Å². The Morgan fingerprint density at radius 2 is 1.92 bits per heavy atom. The van der Waals surface area contributed by atoms with Crippen LogP contribution in [0.1, 0.15) is 39.2 Å². The maximum atomic E-state index is 12.6. The smallest absolute Gasteiger partial charge is 0.256 e. The number of hydrogen-bond donors (Lipinski definition) is 2. The van der Waals surface area contributed by atoms with Crippen LogP contribution in [0.5, 0.6) is 5.75 Å². The Bertz CT molecular complexity index is 720. The van der Waals surface area contributed by atoms with Crippen molar-refractivity contribution in [1.82, 2.24) is 0 Å². The predicted molar refractivity (Wildman–Crippen MR) is 98.4 cm³/mol. The van der Waals surface area contributed by atoms with Crippen LogP contribution in [0.4, 0.5) is 5.00 Å². The molecule has 0 fully saturated rings. The highest BCUT2D eigenvalue weighted by atomic mass is 32.1. The summed E-state index contributed by atoms with van der Waals surface area (Å²) in [6, 6.07) is 7.25. The molecule has 0 saturated carbocycles. The third-order valence-corrected chi connectivity index (χ3v) is 5.64. The lowest BCUT2D eigenvalue weighted by molar-refractivity contribution is -0.872. The molecule has 0 unspecified atom stereocenters. The third kappa shape index (κ3) is 3.62. The number of hydrogen-bond acceptors (Lipinski definition) is 3. The van der Waals surface area contributed by atoms with Gasteiger partial charge in [0.25, 0.3) is 5.91 Å². The number of ether oxygens (including phenoxy) is 1. The van der Waals surface area contributed by atoms with Gasteiger partial charge in [0.15, 0.2) is 0 Å². The number of aryl methyl sites for hydroxylation is 1. The summed E-state index contributed by atoms with van der Waals surface area (Å²) in [5, 5.41) is 4.18. The SMILES string of the molecule is COc1ccc(C(=O)Nc2sc3c(c2C[NH+](C)C)CCCC3)cc1. The molecule has 2 N–H and O–H groups in total. The summed E-state index contributed by atoms with van der Waals surface area (Å²) >= 11 is 1.76. The molecule has 1 amide bonds. The highest BCUT2D eigenvalue weighted by Crippen LogP contribution is 2.38. The molecule has 1 aliphatic carbocycles. The number of quaternary nitrogens is 1. The number of carbonyl (C=O) groups is 1. The summed E-state index contributed by atoms with van der Waals surface area (Å²) in [6.45, 7) is 0.948. The average molecular weight is 345 g/mol. The fourth-order valence-electron chi connectivity index (χ4n) is 3.19. The number of methoxy groups -OCH3 is 1. The van der Waals surface area contributed by atoms with Gasteiger partial charge in [0, 0.05) is 16.0 Å². The van der Waals surface area contributed by atoms with Crippen LogP contribution in [0.15, 0.2) is 24.3 Å². The van der Waals surface area contributed by atoms with Gasteiger partial charge in [0.05, 0.1) is 21.2 Å². The number of anilines is 1. The second-order valence-electron chi connectivity index (χ2n) is 6.59. The van der Waals surface area contributed by atoms with E-state index in [0.717, 1.165) is 30.1 Å². The summed E-state index contributed by atoms with van der Waals surface area (Å²) in [6.07, 6.45) is 4.81. The Hall–Kier alpha value is -1.85. The molecule has 4 nitrogen and oxygen atoms in total. The van der Waals surface area contributed by atoms with Crippen LogP contribution >= 0.6 is 11.3 Å². The topological polar surface area (TPSA) is 42.8 Å². The van der Waals surface area contributed by atoms with E-state index >= 15 is 0 Å². The minimum absolute atomic E-state index is 0.0498. The van der Waals surface area contributed by atoms with Crippen LogP contribution in [-0.4, -0.2) is 27.1 Å². The summed E-state index contributed by atoms with van der Waals surface area (Å²) in [4.78, 5) is 15.4. The van der Waals surface area contributed by atoms with E-state index in [-0.39, 0.29) is 5.91 Å². The molecular formula is C19H25N2O2S+. The Morgan fingerprint density at radius 3 is 2.58 bits per heavy atom. The summed E-state index contributed by atoms with van der Waals surface area (Å²) in [5.41, 5.74) is 3.47. The number of benzene rings is 1. The van der Waals surface area contributed by atoms with Crippen molar-refractivity contribution in [2.45, 2.75) is 32.2 Å². The first kappa shape index (κ1) is 17.0. The van der Waals surface area contributed by atoms with Gasteiger partial charge in [0.2, 0.25) is 0 Å². The zero-order chi connectivity index (χ0) is 17.1. The Labute approximate surface area is 147 Å². The molecule has 1 heterocycles. The van der Waals surface area contributed by atoms with E-state index in [1.54, 1.807) is 30.6 Å². The van der Waals surface area contributed by atoms with Crippen molar-refractivity contribution in [2.24, 2.45) is 0 Å². The molecule has 0 aliphatic heterocycles. The average Bonchev–Trinajstić information content (AvgIpc) is 2.92. The van der Waals surface area contributed by atoms with E-state index in [0.29, 0.717) is 5.56 Å². The Morgan fingerprint density at radius 1 is 1.21 bits per heavy atom. The van der Waals surface area contributed by atoms with E-state index in [1.807, 2.05) is 12.1 Å². The number of amides is 1. The molecule has 0 radical (unpaired) electrons. The second kappa shape index (κ2) is 7.36. The van der Waals surface area contributed by atoms with Gasteiger partial charge in [-0.3, -0.25) is 4.79 Å². The molecule has 2 aromatic rings. The highest BCUT2D eigenvalue weighted by molar-refractivity contribution is 7.16. The van der Waals surface area contributed by atoms with Crippen LogP contribution in [0, 0.1) is 0 Å². The first-order valence-corrected chi connectivity index (χ1v) is 9.28. The Balaban J connectivity index is 1.85. The van der Waals surface area contributed by atoms with Gasteiger partial charge in [-0.25, -0.2) is 0 Å². The molecule has 0 saturated heterocycles. The molecule has 1 aromatic carbocycles. The number of thiophene rings is 1. The van der Waals surface area contributed by atoms with E-state index in [9.17, 15) is 4.79 Å². The number of carbonyl (C=O) groups excluding carboxylic acids is 1. The van der Waals surface area contributed by atoms with Crippen molar-refractivity contribution >= 4 is 22.2 Å². The molecule has 0 atom stereocenters. The molecule has 5 heteroatoms. The molecule has 1 aliphatic rings. The van der Waals surface area contributed by atoms with E-state index in [1.165, 1.54) is 33.7 Å². The van der Waals surface area contributed by atoms with Crippen LogP contribution in [-0.2, 0) is 19.4 Å². The molecular weight excluding hydrogens is 320 g/mol. The largest absolute Gasteiger partial charge is 0.497 e. The van der Waals surface area contributed by atoms with Gasteiger partial charge in [0.1, 0.15) is 17.3 Å². The molecule has 0 spiro atoms. The normalized spacial score (nSPS) is 13.7. The maximum absolute atomic E-state index is 12.6. The molecule has 3 rings (SSSR count). The second-order valence-corrected chi connectivity index (χ2v) is 7.69. The number of fused-ring (bicyclic) bond motifs is 1. The molecule has 24 heavy (non-hydrogen) atoms. The fraction of sp³-hybridized carbons (Fsp3) is 0.421. The molecule has 128 valence electrons. The zero-order valence-electron chi connectivity index (χ0n) is 14.6. The van der Waals surface area contributed by atoms with Crippen LogP contribution in [0.25, 0.3) is 0 Å². The lowest BCUT2D eigenvalue weighted by atomic mass is 9.95. The Kier molecular flexibility index (Phi) is 5.21. The first-order chi connectivity index (χ1) is 11.6. The molecule has 0 bridgehead atoms. The van der Waals surface area contributed by atoms with Crippen molar-refractivity contribution in [2.75, 3.05) is 26.5 Å². The monoisotopic (exact) mass is 345 g/mol. The van der Waals surface area contributed by atoms with Crippen LogP contribution in [0.2, 0.25) is 0 Å². The van der Waals surface area contributed by atoms with Crippen molar-refractivity contribution in [3.05, 3.63) is 45.8 Å². The van der Waals surface area contributed by atoms with Crippen molar-refractivity contribution in [3.8, 4) is 5.75 Å². The highest BCUT2D eigenvalue weighted by Gasteiger charge is 2.23. The predicted octanol–water partition coefficient (Wildman–Crippen LogP) is 2.53. The lowest BCUT2D eigenvalue weighted by Gasteiger charge is -2.14. The van der Waals surface area contributed by atoms with E-state index < -0.39 is 0 Å². The van der Waals surface area contributed by atoms with Crippen molar-refractivity contribution in [1.29, 1.82) is 0 Å². The zero-order valence-corrected chi connectivity index (χ0v) is 15.4. The quantitative estimate of drug-likeness (QED) is 0.874. The standard InChI is InChI=1S/C19H24N2O2S/c1-21(2)12-16-15-6-4-5-7-17(15)24-19(16)20-18(22)13-8-10-14(23-3)11-9-13/h8-11H,4-7,12H2,1-3H3,(H,20,22)/p+1. The van der Waals surface area contributed by atoms with Gasteiger partial charge in [-0.05, 0) is 55.5 Å². The van der Waals surface area contributed by atoms with Crippen LogP contribution in [0.3, 0.4) is 0 Å². The lowest BCUT2D eigenvalue weighted by Crippen LogP contribution is -3.04. The van der Waals surface area contributed by atoms with Gasteiger partial charge in [-0.1, -0.05) is 0 Å². The number of rotatable bonds is 5. The minimum atomic E-state index is -0.0498. The first-order valence-electron chi connectivity index (χ1n) is 8.46. The number of nitrogens with one attached hydrogen (secondary N) is 2. The maximum Gasteiger partial charge on any atom is 0.256 e. The van der Waals surface area contributed by atoms with Crippen molar-refractivity contribution in [3.63, 3.8) is 0 Å². The summed E-state index contributed by atoms with van der Waals surface area (Å²) in [7, 11) is 5.94. The van der Waals surface area contributed by atoms with Crippen molar-refractivity contribution < 1.29 is 14.4 Å². The summed E-state index contributed by atoms with van der Waals surface area (Å²) < 4.78 is 5.15.